The van der Waals surface area contributed by atoms with Crippen molar-refractivity contribution in [1.82, 2.24) is 4.98 Å². The van der Waals surface area contributed by atoms with Crippen LogP contribution < -0.4 is 0 Å². The van der Waals surface area contributed by atoms with Crippen LogP contribution >= 0.6 is 11.3 Å². The SMILES string of the molecule is O=C1/C(=C/c2cncs2)CCc2ccccc21. The molecule has 1 heterocycles. The third-order valence-electron chi connectivity index (χ3n) is 2.99. The molecule has 0 saturated heterocycles. The quantitative estimate of drug-likeness (QED) is 0.717. The monoisotopic (exact) mass is 241 g/mol. The minimum Gasteiger partial charge on any atom is -0.289 e. The summed E-state index contributed by atoms with van der Waals surface area (Å²) in [5.41, 5.74) is 4.70. The van der Waals surface area contributed by atoms with Gasteiger partial charge in [-0.1, -0.05) is 24.3 Å². The highest BCUT2D eigenvalue weighted by Crippen LogP contribution is 2.26. The molecular formula is C14H11NOS. The Kier molecular flexibility index (Phi) is 2.61. The first kappa shape index (κ1) is 10.4. The van der Waals surface area contributed by atoms with Gasteiger partial charge in [0.25, 0.3) is 0 Å². The molecule has 1 aliphatic rings. The number of Topliss-reactive ketones (excluding diaryl/α,β-unsaturated/α-hetero) is 1. The Morgan fingerprint density at radius 3 is 2.94 bits per heavy atom. The van der Waals surface area contributed by atoms with E-state index in [-0.39, 0.29) is 5.78 Å². The summed E-state index contributed by atoms with van der Waals surface area (Å²) >= 11 is 1.56. The Labute approximate surface area is 104 Å². The van der Waals surface area contributed by atoms with Gasteiger partial charge in [0.15, 0.2) is 5.78 Å². The molecule has 1 aromatic carbocycles. The summed E-state index contributed by atoms with van der Waals surface area (Å²) in [5, 5.41) is 0. The van der Waals surface area contributed by atoms with Crippen LogP contribution in [0.25, 0.3) is 6.08 Å². The van der Waals surface area contributed by atoms with E-state index >= 15 is 0 Å². The van der Waals surface area contributed by atoms with Crippen molar-refractivity contribution in [3.05, 3.63) is 57.6 Å². The summed E-state index contributed by atoms with van der Waals surface area (Å²) < 4.78 is 0. The van der Waals surface area contributed by atoms with Gasteiger partial charge < -0.3 is 0 Å². The third kappa shape index (κ3) is 1.94. The van der Waals surface area contributed by atoms with Gasteiger partial charge in [0.05, 0.1) is 5.51 Å². The van der Waals surface area contributed by atoms with E-state index in [0.29, 0.717) is 0 Å². The number of aryl methyl sites for hydroxylation is 1. The molecular weight excluding hydrogens is 230 g/mol. The second-order valence-corrected chi connectivity index (χ2v) is 4.98. The summed E-state index contributed by atoms with van der Waals surface area (Å²) in [4.78, 5) is 17.3. The number of rotatable bonds is 1. The standard InChI is InChI=1S/C14H11NOS/c16-14-11(7-12-8-15-9-17-12)6-5-10-3-1-2-4-13(10)14/h1-4,7-9H,5-6H2/b11-7+. The molecule has 1 aromatic heterocycles. The molecule has 1 aliphatic carbocycles. The van der Waals surface area contributed by atoms with E-state index in [9.17, 15) is 4.79 Å². The summed E-state index contributed by atoms with van der Waals surface area (Å²) in [6.45, 7) is 0. The van der Waals surface area contributed by atoms with Crippen LogP contribution in [0.1, 0.15) is 27.2 Å². The normalized spacial score (nSPS) is 17.2. The highest BCUT2D eigenvalue weighted by Gasteiger charge is 2.21. The number of nitrogens with zero attached hydrogens (tertiary/aromatic N) is 1. The summed E-state index contributed by atoms with van der Waals surface area (Å²) in [6.07, 6.45) is 5.54. The predicted octanol–water partition coefficient (Wildman–Crippen LogP) is 3.36. The third-order valence-corrected chi connectivity index (χ3v) is 3.71. The number of hydrogen-bond acceptors (Lipinski definition) is 3. The maximum atomic E-state index is 12.3. The fraction of sp³-hybridized carbons (Fsp3) is 0.143. The van der Waals surface area contributed by atoms with Crippen LogP contribution in [0, 0.1) is 0 Å². The van der Waals surface area contributed by atoms with Gasteiger partial charge in [-0.3, -0.25) is 9.78 Å². The van der Waals surface area contributed by atoms with E-state index in [2.05, 4.69) is 4.98 Å². The Morgan fingerprint density at radius 1 is 1.24 bits per heavy atom. The maximum Gasteiger partial charge on any atom is 0.189 e. The van der Waals surface area contributed by atoms with Gasteiger partial charge in [-0.25, -0.2) is 0 Å². The van der Waals surface area contributed by atoms with Crippen molar-refractivity contribution >= 4 is 23.2 Å². The predicted molar refractivity (Wildman–Crippen MR) is 69.2 cm³/mol. The van der Waals surface area contributed by atoms with Crippen LogP contribution in [0.2, 0.25) is 0 Å². The molecule has 0 fully saturated rings. The van der Waals surface area contributed by atoms with Crippen LogP contribution in [0.3, 0.4) is 0 Å². The van der Waals surface area contributed by atoms with Gasteiger partial charge in [-0.05, 0) is 24.5 Å². The van der Waals surface area contributed by atoms with Gasteiger partial charge in [0.2, 0.25) is 0 Å². The largest absolute Gasteiger partial charge is 0.289 e. The minimum absolute atomic E-state index is 0.167. The fourth-order valence-corrected chi connectivity index (χ4v) is 2.70. The molecule has 2 nitrogen and oxygen atoms in total. The lowest BCUT2D eigenvalue weighted by molar-refractivity contribution is 0.102. The van der Waals surface area contributed by atoms with Crippen molar-refractivity contribution in [3.8, 4) is 0 Å². The molecule has 0 N–H and O–H groups in total. The smallest absolute Gasteiger partial charge is 0.189 e. The number of aromatic nitrogens is 1. The van der Waals surface area contributed by atoms with E-state index in [1.807, 2.05) is 30.3 Å². The Balaban J connectivity index is 2.00. The molecule has 0 spiro atoms. The summed E-state index contributed by atoms with van der Waals surface area (Å²) in [5.74, 6) is 0.167. The lowest BCUT2D eigenvalue weighted by atomic mass is 9.87. The van der Waals surface area contributed by atoms with E-state index < -0.39 is 0 Å². The maximum absolute atomic E-state index is 12.3. The average Bonchev–Trinajstić information content (AvgIpc) is 2.86. The number of carbonyl (C=O) groups is 1. The topological polar surface area (TPSA) is 30.0 Å². The van der Waals surface area contributed by atoms with Gasteiger partial charge in [-0.2, -0.15) is 0 Å². The zero-order valence-corrected chi connectivity index (χ0v) is 10.0. The van der Waals surface area contributed by atoms with Crippen molar-refractivity contribution in [1.29, 1.82) is 0 Å². The Hall–Kier alpha value is -1.74. The minimum atomic E-state index is 0.167. The zero-order valence-electron chi connectivity index (χ0n) is 9.22. The number of thiazole rings is 1. The molecule has 0 atom stereocenters. The molecule has 17 heavy (non-hydrogen) atoms. The molecule has 0 radical (unpaired) electrons. The van der Waals surface area contributed by atoms with Crippen molar-refractivity contribution in [2.45, 2.75) is 12.8 Å². The molecule has 0 aliphatic heterocycles. The fourth-order valence-electron chi connectivity index (χ4n) is 2.12. The number of allylic oxidation sites excluding steroid dienone is 1. The van der Waals surface area contributed by atoms with Crippen LogP contribution in [0.4, 0.5) is 0 Å². The number of ketones is 1. The summed E-state index contributed by atoms with van der Waals surface area (Å²) in [6, 6.07) is 7.87. The highest BCUT2D eigenvalue weighted by molar-refractivity contribution is 7.10. The van der Waals surface area contributed by atoms with Crippen LogP contribution in [-0.2, 0) is 6.42 Å². The van der Waals surface area contributed by atoms with Crippen LogP contribution in [0.15, 0.2) is 41.5 Å². The number of benzene rings is 1. The van der Waals surface area contributed by atoms with Gasteiger partial charge in [-0.15, -0.1) is 11.3 Å². The summed E-state index contributed by atoms with van der Waals surface area (Å²) in [7, 11) is 0. The molecule has 0 amide bonds. The lowest BCUT2D eigenvalue weighted by Gasteiger charge is -2.16. The van der Waals surface area contributed by atoms with Crippen LogP contribution in [0.5, 0.6) is 0 Å². The molecule has 84 valence electrons. The molecule has 3 rings (SSSR count). The Bertz CT molecular complexity index is 584. The van der Waals surface area contributed by atoms with Crippen molar-refractivity contribution in [3.63, 3.8) is 0 Å². The highest BCUT2D eigenvalue weighted by atomic mass is 32.1. The first-order chi connectivity index (χ1) is 8.34. The van der Waals surface area contributed by atoms with Gasteiger partial charge >= 0.3 is 0 Å². The molecule has 0 bridgehead atoms. The van der Waals surface area contributed by atoms with Crippen molar-refractivity contribution in [2.24, 2.45) is 0 Å². The van der Waals surface area contributed by atoms with Gasteiger partial charge in [0.1, 0.15) is 0 Å². The first-order valence-electron chi connectivity index (χ1n) is 5.56. The molecule has 0 saturated carbocycles. The number of carbonyl (C=O) groups excluding carboxylic acids is 1. The Morgan fingerprint density at radius 2 is 2.12 bits per heavy atom. The zero-order chi connectivity index (χ0) is 11.7. The van der Waals surface area contributed by atoms with Crippen molar-refractivity contribution < 1.29 is 4.79 Å². The van der Waals surface area contributed by atoms with E-state index in [1.54, 1.807) is 23.0 Å². The van der Waals surface area contributed by atoms with E-state index in [4.69, 9.17) is 0 Å². The first-order valence-corrected chi connectivity index (χ1v) is 6.44. The van der Waals surface area contributed by atoms with Gasteiger partial charge in [0, 0.05) is 22.2 Å². The molecule has 2 aromatic rings. The van der Waals surface area contributed by atoms with Crippen LogP contribution in [-0.4, -0.2) is 10.8 Å². The lowest BCUT2D eigenvalue weighted by Crippen LogP contribution is -2.13. The molecule has 3 heteroatoms. The van der Waals surface area contributed by atoms with E-state index in [1.165, 1.54) is 5.56 Å². The second kappa shape index (κ2) is 4.26. The average molecular weight is 241 g/mol. The number of fused-ring (bicyclic) bond motifs is 1. The second-order valence-electron chi connectivity index (χ2n) is 4.06. The van der Waals surface area contributed by atoms with Crippen molar-refractivity contribution in [2.75, 3.05) is 0 Å². The molecule has 0 unspecified atom stereocenters. The number of hydrogen-bond donors (Lipinski definition) is 0. The van der Waals surface area contributed by atoms with E-state index in [0.717, 1.165) is 28.9 Å².